The van der Waals surface area contributed by atoms with Gasteiger partial charge in [-0.25, -0.2) is 4.79 Å². The Kier molecular flexibility index (Phi) is 6.51. The van der Waals surface area contributed by atoms with Gasteiger partial charge >= 0.3 is 12.1 Å². The molecule has 2 fully saturated rings. The third-order valence-electron chi connectivity index (χ3n) is 7.40. The van der Waals surface area contributed by atoms with Gasteiger partial charge in [-0.2, -0.15) is 0 Å². The number of fused-ring (bicyclic) bond motifs is 2. The van der Waals surface area contributed by atoms with E-state index in [1.807, 2.05) is 30.3 Å². The van der Waals surface area contributed by atoms with Gasteiger partial charge in [-0.1, -0.05) is 53.5 Å². The van der Waals surface area contributed by atoms with Gasteiger partial charge in [0.2, 0.25) is 0 Å². The third kappa shape index (κ3) is 4.65. The van der Waals surface area contributed by atoms with Crippen LogP contribution in [0.2, 0.25) is 10.0 Å². The minimum atomic E-state index is -0.984. The fraction of sp³-hybridized carbons (Fsp3) is 0.423. The average Bonchev–Trinajstić information content (AvgIpc) is 3.60. The number of carbonyl (C=O) groups is 3. The molecule has 3 unspecified atom stereocenters. The first kappa shape index (κ1) is 24.1. The maximum Gasteiger partial charge on any atom is 0.414 e. The van der Waals surface area contributed by atoms with Gasteiger partial charge in [-0.3, -0.25) is 19.8 Å². The number of nitrogens with zero attached hydrogens (tertiary/aromatic N) is 1. The monoisotopic (exact) mass is 516 g/mol. The van der Waals surface area contributed by atoms with Crippen LogP contribution in [0.1, 0.15) is 55.7 Å². The topological polar surface area (TPSA) is 95.9 Å². The normalized spacial score (nSPS) is 23.5. The number of ketones is 1. The molecule has 0 bridgehead atoms. The fourth-order valence-corrected chi connectivity index (χ4v) is 5.56. The Morgan fingerprint density at radius 3 is 2.40 bits per heavy atom. The van der Waals surface area contributed by atoms with Crippen LogP contribution >= 0.6 is 23.2 Å². The minimum Gasteiger partial charge on any atom is -0.481 e. The lowest BCUT2D eigenvalue weighted by molar-refractivity contribution is -0.139. The van der Waals surface area contributed by atoms with Crippen molar-refractivity contribution in [3.05, 3.63) is 63.6 Å². The molecule has 35 heavy (non-hydrogen) atoms. The molecule has 9 heteroatoms. The summed E-state index contributed by atoms with van der Waals surface area (Å²) >= 11 is 12.8. The molecule has 3 atom stereocenters. The summed E-state index contributed by atoms with van der Waals surface area (Å²) in [6.45, 7) is 0.160. The van der Waals surface area contributed by atoms with Gasteiger partial charge in [-0.05, 0) is 54.9 Å². The van der Waals surface area contributed by atoms with Crippen molar-refractivity contribution in [2.24, 2.45) is 5.92 Å². The van der Waals surface area contributed by atoms with Crippen LogP contribution in [0.25, 0.3) is 0 Å². The van der Waals surface area contributed by atoms with E-state index in [1.165, 1.54) is 0 Å². The Morgan fingerprint density at radius 1 is 1.06 bits per heavy atom. The molecular formula is C26H26Cl2N2O5. The zero-order chi connectivity index (χ0) is 24.7. The molecule has 2 N–H and O–H groups in total. The number of anilines is 1. The van der Waals surface area contributed by atoms with Crippen LogP contribution in [0.5, 0.6) is 0 Å². The van der Waals surface area contributed by atoms with Crippen LogP contribution in [0.3, 0.4) is 0 Å². The highest BCUT2D eigenvalue weighted by atomic mass is 35.5. The van der Waals surface area contributed by atoms with Crippen LogP contribution in [0.15, 0.2) is 42.5 Å². The first-order valence-corrected chi connectivity index (χ1v) is 12.6. The summed E-state index contributed by atoms with van der Waals surface area (Å²) < 4.78 is 5.67. The van der Waals surface area contributed by atoms with E-state index in [2.05, 4.69) is 5.32 Å². The molecule has 1 heterocycles. The smallest absolute Gasteiger partial charge is 0.414 e. The third-order valence-corrected chi connectivity index (χ3v) is 8.12. The number of carbonyl (C=O) groups excluding carboxylic acids is 2. The van der Waals surface area contributed by atoms with E-state index in [4.69, 9.17) is 33.0 Å². The molecule has 0 spiro atoms. The number of carboxylic acid groups (broad SMARTS) is 1. The van der Waals surface area contributed by atoms with Crippen molar-refractivity contribution in [2.75, 3.05) is 4.90 Å². The van der Waals surface area contributed by atoms with Crippen LogP contribution in [0.4, 0.5) is 10.5 Å². The zero-order valence-corrected chi connectivity index (χ0v) is 20.5. The minimum absolute atomic E-state index is 0.00465. The highest BCUT2D eigenvalue weighted by Crippen LogP contribution is 2.54. The molecular weight excluding hydrogens is 491 g/mol. The summed E-state index contributed by atoms with van der Waals surface area (Å²) in [4.78, 5) is 38.8. The van der Waals surface area contributed by atoms with Gasteiger partial charge in [0.1, 0.15) is 6.61 Å². The average molecular weight is 517 g/mol. The Balaban J connectivity index is 1.42. The number of hydrogen-bond donors (Lipinski definition) is 2. The van der Waals surface area contributed by atoms with E-state index in [0.29, 0.717) is 28.6 Å². The Morgan fingerprint density at radius 2 is 1.77 bits per heavy atom. The molecule has 0 saturated heterocycles. The number of Topliss-reactive ketones (excluding diaryl/α,β-unsaturated/α-hetero) is 1. The molecule has 5 rings (SSSR count). The highest BCUT2D eigenvalue weighted by molar-refractivity contribution is 6.42. The Labute approximate surface area is 213 Å². The predicted octanol–water partition coefficient (Wildman–Crippen LogP) is 5.53. The molecule has 7 nitrogen and oxygen atoms in total. The predicted molar refractivity (Wildman–Crippen MR) is 132 cm³/mol. The highest BCUT2D eigenvalue weighted by Gasteiger charge is 2.56. The second-order valence-corrected chi connectivity index (χ2v) is 10.4. The number of halogens is 2. The van der Waals surface area contributed by atoms with Crippen LogP contribution < -0.4 is 10.2 Å². The summed E-state index contributed by atoms with van der Waals surface area (Å²) in [5.41, 5.74) is 1.60. The molecule has 1 aliphatic heterocycles. The molecule has 0 aromatic heterocycles. The summed E-state index contributed by atoms with van der Waals surface area (Å²) in [5.74, 6) is -0.988. The van der Waals surface area contributed by atoms with E-state index in [9.17, 15) is 14.4 Å². The van der Waals surface area contributed by atoms with Crippen molar-refractivity contribution in [3.63, 3.8) is 0 Å². The first-order chi connectivity index (χ1) is 16.8. The standard InChI is InChI=1S/C26H26Cl2N2O5/c27-18-12-17-21(13-19(18)28)30(25(34)35-14-15-4-2-1-3-5-15)20-7-6-16(20)24(17)29-26(10-11-26)22(31)8-9-23(32)33/h1-5,12-13,16,20,24,29H,6-11,14H2,(H,32,33). The van der Waals surface area contributed by atoms with Gasteiger partial charge in [-0.15, -0.1) is 0 Å². The molecule has 2 saturated carbocycles. The van der Waals surface area contributed by atoms with Crippen molar-refractivity contribution < 1.29 is 24.2 Å². The molecule has 1 amide bonds. The van der Waals surface area contributed by atoms with E-state index < -0.39 is 17.6 Å². The zero-order valence-electron chi connectivity index (χ0n) is 19.0. The maximum atomic E-state index is 13.3. The molecule has 2 aromatic rings. The summed E-state index contributed by atoms with van der Waals surface area (Å²) in [6, 6.07) is 12.7. The number of amides is 1. The van der Waals surface area contributed by atoms with Gasteiger partial charge in [0.05, 0.1) is 27.7 Å². The van der Waals surface area contributed by atoms with Crippen molar-refractivity contribution in [2.45, 2.75) is 62.8 Å². The van der Waals surface area contributed by atoms with Crippen LogP contribution in [0, 0.1) is 5.92 Å². The number of nitrogens with one attached hydrogen (secondary N) is 1. The maximum absolute atomic E-state index is 13.3. The number of rotatable bonds is 8. The summed E-state index contributed by atoms with van der Waals surface area (Å²) in [6.07, 6.45) is 2.39. The number of ether oxygens (including phenoxy) is 1. The lowest BCUT2D eigenvalue weighted by Gasteiger charge is -2.53. The van der Waals surface area contributed by atoms with Crippen molar-refractivity contribution in [3.8, 4) is 0 Å². The Hall–Kier alpha value is -2.61. The first-order valence-electron chi connectivity index (χ1n) is 11.8. The SMILES string of the molecule is O=C(O)CCC(=O)C1(NC2c3cc(Cl)c(Cl)cc3N(C(=O)OCc3ccccc3)C3CCC23)CC1. The lowest BCUT2D eigenvalue weighted by atomic mass is 9.68. The number of hydrogen-bond acceptors (Lipinski definition) is 5. The van der Waals surface area contributed by atoms with Crippen LogP contribution in [-0.4, -0.2) is 34.5 Å². The van der Waals surface area contributed by atoms with E-state index in [1.54, 1.807) is 17.0 Å². The number of aliphatic carboxylic acids is 1. The van der Waals surface area contributed by atoms with Gasteiger partial charge < -0.3 is 9.84 Å². The molecule has 3 aliphatic rings. The van der Waals surface area contributed by atoms with Crippen molar-refractivity contribution in [1.82, 2.24) is 5.32 Å². The van der Waals surface area contributed by atoms with E-state index in [-0.39, 0.29) is 43.2 Å². The van der Waals surface area contributed by atoms with Gasteiger partial charge in [0.15, 0.2) is 5.78 Å². The van der Waals surface area contributed by atoms with E-state index in [0.717, 1.165) is 24.0 Å². The van der Waals surface area contributed by atoms with Crippen molar-refractivity contribution >= 4 is 46.7 Å². The summed E-state index contributed by atoms with van der Waals surface area (Å²) in [5, 5.41) is 13.3. The molecule has 2 aliphatic carbocycles. The Bertz CT molecular complexity index is 1170. The van der Waals surface area contributed by atoms with Crippen molar-refractivity contribution in [1.29, 1.82) is 0 Å². The second-order valence-electron chi connectivity index (χ2n) is 9.56. The van der Waals surface area contributed by atoms with Gasteiger partial charge in [0, 0.05) is 18.5 Å². The van der Waals surface area contributed by atoms with E-state index >= 15 is 0 Å². The molecule has 0 radical (unpaired) electrons. The quantitative estimate of drug-likeness (QED) is 0.479. The van der Waals surface area contributed by atoms with Crippen LogP contribution in [-0.2, 0) is 20.9 Å². The van der Waals surface area contributed by atoms with Gasteiger partial charge in [0.25, 0.3) is 0 Å². The largest absolute Gasteiger partial charge is 0.481 e. The molecule has 2 aromatic carbocycles. The second kappa shape index (κ2) is 9.45. The fourth-order valence-electron chi connectivity index (χ4n) is 5.23. The lowest BCUT2D eigenvalue weighted by Crippen LogP contribution is -2.59. The number of carboxylic acids is 1. The number of benzene rings is 2. The molecule has 184 valence electrons. The summed E-state index contributed by atoms with van der Waals surface area (Å²) in [7, 11) is 0.